The van der Waals surface area contributed by atoms with Gasteiger partial charge in [-0.15, -0.1) is 0 Å². The van der Waals surface area contributed by atoms with Gasteiger partial charge >= 0.3 is 0 Å². The number of hydrogen-bond donors (Lipinski definition) is 0. The molecule has 0 aromatic carbocycles. The molecule has 0 saturated carbocycles. The van der Waals surface area contributed by atoms with Crippen molar-refractivity contribution in [1.82, 2.24) is 4.90 Å². The lowest BCUT2D eigenvalue weighted by molar-refractivity contribution is -0.00867. The molecule has 0 bridgehead atoms. The van der Waals surface area contributed by atoms with Crippen molar-refractivity contribution < 1.29 is 4.74 Å². The van der Waals surface area contributed by atoms with Gasteiger partial charge < -0.3 is 4.74 Å². The molecular weight excluding hydrogens is 138 g/mol. The highest BCUT2D eigenvalue weighted by Gasteiger charge is 2.25. The van der Waals surface area contributed by atoms with E-state index in [1.165, 1.54) is 19.4 Å². The van der Waals surface area contributed by atoms with Crippen LogP contribution in [0.5, 0.6) is 0 Å². The molecule has 0 aromatic heterocycles. The minimum Gasteiger partial charge on any atom is -0.380 e. The molecule has 2 unspecified atom stereocenters. The van der Waals surface area contributed by atoms with E-state index in [2.05, 4.69) is 18.7 Å². The molecule has 1 fully saturated rings. The second-order valence-corrected chi connectivity index (χ2v) is 3.29. The van der Waals surface area contributed by atoms with E-state index < -0.39 is 0 Å². The molecular formula is C9H19NO. The van der Waals surface area contributed by atoms with E-state index >= 15 is 0 Å². The molecule has 2 heteroatoms. The summed E-state index contributed by atoms with van der Waals surface area (Å²) in [5.41, 5.74) is 0. The standard InChI is InChI=1S/C9H19NO/c1-4-10-7-5-6-9(11-3)8(10)2/h8-9H,4-7H2,1-3H3. The van der Waals surface area contributed by atoms with Crippen LogP contribution in [0.2, 0.25) is 0 Å². The maximum atomic E-state index is 5.39. The maximum Gasteiger partial charge on any atom is 0.0724 e. The monoisotopic (exact) mass is 157 g/mol. The van der Waals surface area contributed by atoms with Crippen molar-refractivity contribution in [3.63, 3.8) is 0 Å². The van der Waals surface area contributed by atoms with Crippen LogP contribution in [-0.4, -0.2) is 37.2 Å². The minimum atomic E-state index is 0.462. The van der Waals surface area contributed by atoms with Crippen LogP contribution >= 0.6 is 0 Å². The highest BCUT2D eigenvalue weighted by atomic mass is 16.5. The summed E-state index contributed by atoms with van der Waals surface area (Å²) in [7, 11) is 1.82. The first-order valence-electron chi connectivity index (χ1n) is 4.56. The van der Waals surface area contributed by atoms with Crippen LogP contribution in [0.1, 0.15) is 26.7 Å². The smallest absolute Gasteiger partial charge is 0.0724 e. The van der Waals surface area contributed by atoms with E-state index in [-0.39, 0.29) is 0 Å². The molecule has 1 saturated heterocycles. The van der Waals surface area contributed by atoms with Crippen molar-refractivity contribution in [2.75, 3.05) is 20.2 Å². The lowest BCUT2D eigenvalue weighted by Gasteiger charge is -2.37. The molecule has 1 heterocycles. The zero-order valence-electron chi connectivity index (χ0n) is 7.84. The molecule has 66 valence electrons. The van der Waals surface area contributed by atoms with Crippen molar-refractivity contribution in [2.45, 2.75) is 38.8 Å². The molecule has 0 aliphatic carbocycles. The second-order valence-electron chi connectivity index (χ2n) is 3.29. The van der Waals surface area contributed by atoms with Crippen molar-refractivity contribution >= 4 is 0 Å². The number of hydrogen-bond acceptors (Lipinski definition) is 2. The summed E-state index contributed by atoms with van der Waals surface area (Å²) in [6, 6.07) is 0.610. The maximum absolute atomic E-state index is 5.39. The first kappa shape index (κ1) is 9.01. The third kappa shape index (κ3) is 1.94. The third-order valence-corrected chi connectivity index (χ3v) is 2.76. The Labute approximate surface area is 69.5 Å². The van der Waals surface area contributed by atoms with Gasteiger partial charge in [0.25, 0.3) is 0 Å². The largest absolute Gasteiger partial charge is 0.380 e. The Morgan fingerprint density at radius 3 is 2.82 bits per heavy atom. The van der Waals surface area contributed by atoms with Gasteiger partial charge in [0.15, 0.2) is 0 Å². The fourth-order valence-electron chi connectivity index (χ4n) is 1.94. The van der Waals surface area contributed by atoms with Gasteiger partial charge in [-0.25, -0.2) is 0 Å². The molecule has 1 aliphatic heterocycles. The van der Waals surface area contributed by atoms with Crippen molar-refractivity contribution in [2.24, 2.45) is 0 Å². The highest BCUT2D eigenvalue weighted by molar-refractivity contribution is 4.80. The molecule has 11 heavy (non-hydrogen) atoms. The predicted octanol–water partition coefficient (Wildman–Crippen LogP) is 1.51. The Kier molecular flexibility index (Phi) is 3.34. The van der Waals surface area contributed by atoms with Crippen LogP contribution in [0.25, 0.3) is 0 Å². The van der Waals surface area contributed by atoms with Crippen molar-refractivity contribution in [3.05, 3.63) is 0 Å². The molecule has 0 amide bonds. The lowest BCUT2D eigenvalue weighted by atomic mass is 10.0. The predicted molar refractivity (Wildman–Crippen MR) is 46.7 cm³/mol. The fraction of sp³-hybridized carbons (Fsp3) is 1.00. The zero-order chi connectivity index (χ0) is 8.27. The van der Waals surface area contributed by atoms with Crippen LogP contribution in [0.15, 0.2) is 0 Å². The molecule has 0 spiro atoms. The number of rotatable bonds is 2. The van der Waals surface area contributed by atoms with E-state index in [9.17, 15) is 0 Å². The topological polar surface area (TPSA) is 12.5 Å². The Morgan fingerprint density at radius 1 is 1.55 bits per heavy atom. The molecule has 0 N–H and O–H groups in total. The normalized spacial score (nSPS) is 34.1. The van der Waals surface area contributed by atoms with Crippen molar-refractivity contribution in [3.8, 4) is 0 Å². The summed E-state index contributed by atoms with van der Waals surface area (Å²) >= 11 is 0. The lowest BCUT2D eigenvalue weighted by Crippen LogP contribution is -2.46. The summed E-state index contributed by atoms with van der Waals surface area (Å²) in [4.78, 5) is 2.48. The number of ether oxygens (including phenoxy) is 1. The van der Waals surface area contributed by atoms with E-state index in [1.807, 2.05) is 7.11 Å². The van der Waals surface area contributed by atoms with Crippen molar-refractivity contribution in [1.29, 1.82) is 0 Å². The van der Waals surface area contributed by atoms with Gasteiger partial charge in [0.05, 0.1) is 6.10 Å². The Balaban J connectivity index is 2.45. The summed E-state index contributed by atoms with van der Waals surface area (Å²) in [5.74, 6) is 0. The van der Waals surface area contributed by atoms with Crippen LogP contribution in [0.4, 0.5) is 0 Å². The molecule has 2 atom stereocenters. The third-order valence-electron chi connectivity index (χ3n) is 2.76. The summed E-state index contributed by atoms with van der Waals surface area (Å²) in [5, 5.41) is 0. The SMILES string of the molecule is CCN1CCCC(OC)C1C. The van der Waals surface area contributed by atoms with E-state index in [0.29, 0.717) is 12.1 Å². The first-order valence-corrected chi connectivity index (χ1v) is 4.56. The molecule has 0 aromatic rings. The quantitative estimate of drug-likeness (QED) is 0.602. The van der Waals surface area contributed by atoms with E-state index in [4.69, 9.17) is 4.74 Å². The average Bonchev–Trinajstić information content (AvgIpc) is 2.05. The second kappa shape index (κ2) is 4.07. The number of nitrogens with zero attached hydrogens (tertiary/aromatic N) is 1. The Morgan fingerprint density at radius 2 is 2.27 bits per heavy atom. The van der Waals surface area contributed by atoms with Gasteiger partial charge in [-0.1, -0.05) is 6.92 Å². The summed E-state index contributed by atoms with van der Waals surface area (Å²) in [6.07, 6.45) is 2.98. The first-order chi connectivity index (χ1) is 5.29. The van der Waals surface area contributed by atoms with Gasteiger partial charge in [-0.3, -0.25) is 4.90 Å². The summed E-state index contributed by atoms with van der Waals surface area (Å²) in [6.45, 7) is 6.88. The zero-order valence-corrected chi connectivity index (χ0v) is 7.84. The Hall–Kier alpha value is -0.0800. The molecule has 2 nitrogen and oxygen atoms in total. The minimum absolute atomic E-state index is 0.462. The van der Waals surface area contributed by atoms with Crippen LogP contribution in [0, 0.1) is 0 Å². The van der Waals surface area contributed by atoms with Gasteiger partial charge in [0.2, 0.25) is 0 Å². The van der Waals surface area contributed by atoms with Crippen LogP contribution in [0.3, 0.4) is 0 Å². The van der Waals surface area contributed by atoms with E-state index in [1.54, 1.807) is 0 Å². The summed E-state index contributed by atoms with van der Waals surface area (Å²) < 4.78 is 5.39. The number of piperidine rings is 1. The van der Waals surface area contributed by atoms with Gasteiger partial charge in [0.1, 0.15) is 0 Å². The number of likely N-dealkylation sites (N-methyl/N-ethyl adjacent to an activating group) is 1. The number of likely N-dealkylation sites (tertiary alicyclic amines) is 1. The van der Waals surface area contributed by atoms with Crippen LogP contribution in [-0.2, 0) is 4.74 Å². The molecule has 1 rings (SSSR count). The van der Waals surface area contributed by atoms with Gasteiger partial charge in [-0.2, -0.15) is 0 Å². The fourth-order valence-corrected chi connectivity index (χ4v) is 1.94. The Bertz CT molecular complexity index is 104. The molecule has 0 radical (unpaired) electrons. The average molecular weight is 157 g/mol. The van der Waals surface area contributed by atoms with Crippen LogP contribution < -0.4 is 0 Å². The van der Waals surface area contributed by atoms with Gasteiger partial charge in [-0.05, 0) is 32.9 Å². The highest BCUT2D eigenvalue weighted by Crippen LogP contribution is 2.18. The number of methoxy groups -OCH3 is 1. The van der Waals surface area contributed by atoms with Gasteiger partial charge in [0, 0.05) is 13.2 Å². The van der Waals surface area contributed by atoms with E-state index in [0.717, 1.165) is 6.54 Å². The molecule has 1 aliphatic rings.